The fraction of sp³-hybridized carbons (Fsp3) is 0.700. The maximum atomic E-state index is 11.4. The number of esters is 1. The lowest BCUT2D eigenvalue weighted by Crippen LogP contribution is -2.14. The first-order valence-electron chi connectivity index (χ1n) is 5.26. The highest BCUT2D eigenvalue weighted by molar-refractivity contribution is 5.76. The van der Waals surface area contributed by atoms with E-state index in [-0.39, 0.29) is 5.97 Å². The number of ether oxygens (including phenoxy) is 1. The lowest BCUT2D eigenvalue weighted by Gasteiger charge is -2.05. The second-order valence-corrected chi connectivity index (χ2v) is 3.36. The Labute approximate surface area is 89.2 Å². The molecular weight excluding hydrogens is 194 g/mol. The van der Waals surface area contributed by atoms with Crippen LogP contribution >= 0.6 is 0 Å². The minimum atomic E-state index is -0.396. The summed E-state index contributed by atoms with van der Waals surface area (Å²) >= 11 is 0. The molecule has 15 heavy (non-hydrogen) atoms. The third-order valence-electron chi connectivity index (χ3n) is 2.06. The van der Waals surface area contributed by atoms with E-state index >= 15 is 0 Å². The van der Waals surface area contributed by atoms with E-state index in [4.69, 9.17) is 4.74 Å². The SMILES string of the molecule is CCCc1nc(C(C)C(=O)OCC)n[nH]1. The number of nitrogens with zero attached hydrogens (tertiary/aromatic N) is 2. The molecule has 0 saturated heterocycles. The fourth-order valence-corrected chi connectivity index (χ4v) is 1.23. The van der Waals surface area contributed by atoms with Crippen molar-refractivity contribution in [2.75, 3.05) is 6.61 Å². The summed E-state index contributed by atoms with van der Waals surface area (Å²) in [4.78, 5) is 15.6. The van der Waals surface area contributed by atoms with Gasteiger partial charge in [-0.25, -0.2) is 4.98 Å². The van der Waals surface area contributed by atoms with Crippen LogP contribution in [-0.4, -0.2) is 27.8 Å². The third-order valence-corrected chi connectivity index (χ3v) is 2.06. The first-order valence-corrected chi connectivity index (χ1v) is 5.26. The van der Waals surface area contributed by atoms with Crippen molar-refractivity contribution in [1.29, 1.82) is 0 Å². The average molecular weight is 211 g/mol. The molecule has 0 aliphatic carbocycles. The average Bonchev–Trinajstić information content (AvgIpc) is 2.66. The number of nitrogens with one attached hydrogen (secondary N) is 1. The van der Waals surface area contributed by atoms with E-state index in [0.717, 1.165) is 18.7 Å². The second kappa shape index (κ2) is 5.48. The van der Waals surface area contributed by atoms with Crippen molar-refractivity contribution in [3.8, 4) is 0 Å². The standard InChI is InChI=1S/C10H17N3O2/c1-4-6-8-11-9(13-12-8)7(3)10(14)15-5-2/h7H,4-6H2,1-3H3,(H,11,12,13). The molecular formula is C10H17N3O2. The fourth-order valence-electron chi connectivity index (χ4n) is 1.23. The van der Waals surface area contributed by atoms with E-state index in [1.807, 2.05) is 0 Å². The van der Waals surface area contributed by atoms with Gasteiger partial charge in [0.15, 0.2) is 5.82 Å². The molecule has 84 valence electrons. The predicted molar refractivity (Wildman–Crippen MR) is 55.4 cm³/mol. The van der Waals surface area contributed by atoms with Gasteiger partial charge in [0.05, 0.1) is 6.61 Å². The number of carbonyl (C=O) groups is 1. The normalized spacial score (nSPS) is 12.5. The molecule has 0 aliphatic rings. The third kappa shape index (κ3) is 3.04. The number of rotatable bonds is 5. The van der Waals surface area contributed by atoms with Crippen LogP contribution in [-0.2, 0) is 16.0 Å². The van der Waals surface area contributed by atoms with Crippen LogP contribution in [0.2, 0.25) is 0 Å². The maximum Gasteiger partial charge on any atom is 0.316 e. The zero-order valence-electron chi connectivity index (χ0n) is 9.41. The van der Waals surface area contributed by atoms with E-state index in [0.29, 0.717) is 12.4 Å². The Morgan fingerprint density at radius 3 is 2.87 bits per heavy atom. The van der Waals surface area contributed by atoms with Gasteiger partial charge in [-0.05, 0) is 20.3 Å². The Balaban J connectivity index is 2.64. The van der Waals surface area contributed by atoms with Gasteiger partial charge in [-0.1, -0.05) is 6.92 Å². The van der Waals surface area contributed by atoms with Crippen LogP contribution in [0.15, 0.2) is 0 Å². The van der Waals surface area contributed by atoms with E-state index in [1.54, 1.807) is 13.8 Å². The maximum absolute atomic E-state index is 11.4. The first kappa shape index (κ1) is 11.7. The van der Waals surface area contributed by atoms with Gasteiger partial charge in [0, 0.05) is 6.42 Å². The summed E-state index contributed by atoms with van der Waals surface area (Å²) < 4.78 is 4.89. The van der Waals surface area contributed by atoms with Gasteiger partial charge >= 0.3 is 5.97 Å². The van der Waals surface area contributed by atoms with Gasteiger partial charge in [0.25, 0.3) is 0 Å². The molecule has 1 heterocycles. The minimum Gasteiger partial charge on any atom is -0.465 e. The number of hydrogen-bond acceptors (Lipinski definition) is 4. The summed E-state index contributed by atoms with van der Waals surface area (Å²) in [5.41, 5.74) is 0. The molecule has 0 fully saturated rings. The molecule has 0 saturated carbocycles. The molecule has 0 bridgehead atoms. The molecule has 1 atom stereocenters. The number of hydrogen-bond donors (Lipinski definition) is 1. The van der Waals surface area contributed by atoms with Crippen LogP contribution in [0.25, 0.3) is 0 Å². The monoisotopic (exact) mass is 211 g/mol. The highest BCUT2D eigenvalue weighted by atomic mass is 16.5. The number of aryl methyl sites for hydroxylation is 1. The summed E-state index contributed by atoms with van der Waals surface area (Å²) in [7, 11) is 0. The molecule has 1 N–H and O–H groups in total. The largest absolute Gasteiger partial charge is 0.465 e. The van der Waals surface area contributed by atoms with Crippen molar-refractivity contribution in [2.24, 2.45) is 0 Å². The van der Waals surface area contributed by atoms with Crippen LogP contribution in [0.4, 0.5) is 0 Å². The Bertz CT molecular complexity index is 322. The molecule has 1 aromatic rings. The molecule has 0 aromatic carbocycles. The Kier molecular flexibility index (Phi) is 4.27. The van der Waals surface area contributed by atoms with Gasteiger partial charge in [-0.15, -0.1) is 0 Å². The topological polar surface area (TPSA) is 67.9 Å². The van der Waals surface area contributed by atoms with Gasteiger partial charge < -0.3 is 4.74 Å². The summed E-state index contributed by atoms with van der Waals surface area (Å²) in [5.74, 6) is 0.659. The molecule has 1 rings (SSSR count). The summed E-state index contributed by atoms with van der Waals surface area (Å²) in [6.07, 6.45) is 1.85. The quantitative estimate of drug-likeness (QED) is 0.748. The van der Waals surface area contributed by atoms with Crippen molar-refractivity contribution >= 4 is 5.97 Å². The Hall–Kier alpha value is -1.39. The van der Waals surface area contributed by atoms with Crippen LogP contribution in [0.1, 0.15) is 44.8 Å². The lowest BCUT2D eigenvalue weighted by atomic mass is 10.2. The van der Waals surface area contributed by atoms with Crippen LogP contribution < -0.4 is 0 Å². The molecule has 5 nitrogen and oxygen atoms in total. The molecule has 0 radical (unpaired) electrons. The first-order chi connectivity index (χ1) is 7.19. The Morgan fingerprint density at radius 1 is 1.53 bits per heavy atom. The van der Waals surface area contributed by atoms with Gasteiger partial charge in [0.1, 0.15) is 11.7 Å². The summed E-state index contributed by atoms with van der Waals surface area (Å²) in [6.45, 7) is 5.98. The van der Waals surface area contributed by atoms with Crippen molar-refractivity contribution in [1.82, 2.24) is 15.2 Å². The van der Waals surface area contributed by atoms with Crippen LogP contribution in [0.5, 0.6) is 0 Å². The zero-order chi connectivity index (χ0) is 11.3. The zero-order valence-corrected chi connectivity index (χ0v) is 9.41. The second-order valence-electron chi connectivity index (χ2n) is 3.36. The van der Waals surface area contributed by atoms with Gasteiger partial charge in [0.2, 0.25) is 0 Å². The van der Waals surface area contributed by atoms with E-state index < -0.39 is 5.92 Å². The minimum absolute atomic E-state index is 0.278. The lowest BCUT2D eigenvalue weighted by molar-refractivity contribution is -0.144. The Morgan fingerprint density at radius 2 is 2.27 bits per heavy atom. The number of aromatic nitrogens is 3. The van der Waals surface area contributed by atoms with E-state index in [2.05, 4.69) is 22.1 Å². The van der Waals surface area contributed by atoms with Crippen LogP contribution in [0.3, 0.4) is 0 Å². The van der Waals surface area contributed by atoms with Gasteiger partial charge in [-0.2, -0.15) is 5.10 Å². The highest BCUT2D eigenvalue weighted by Crippen LogP contribution is 2.12. The van der Waals surface area contributed by atoms with E-state index in [1.165, 1.54) is 0 Å². The highest BCUT2D eigenvalue weighted by Gasteiger charge is 2.20. The van der Waals surface area contributed by atoms with Crippen LogP contribution in [0, 0.1) is 0 Å². The molecule has 1 unspecified atom stereocenters. The van der Waals surface area contributed by atoms with Crippen molar-refractivity contribution in [3.05, 3.63) is 11.6 Å². The van der Waals surface area contributed by atoms with Gasteiger partial charge in [-0.3, -0.25) is 9.89 Å². The molecule has 0 amide bonds. The predicted octanol–water partition coefficient (Wildman–Crippen LogP) is 1.42. The summed E-state index contributed by atoms with van der Waals surface area (Å²) in [6, 6.07) is 0. The van der Waals surface area contributed by atoms with Crippen molar-refractivity contribution < 1.29 is 9.53 Å². The smallest absolute Gasteiger partial charge is 0.316 e. The van der Waals surface area contributed by atoms with Crippen molar-refractivity contribution in [2.45, 2.75) is 39.5 Å². The molecule has 0 aliphatic heterocycles. The summed E-state index contributed by atoms with van der Waals surface area (Å²) in [5, 5.41) is 6.82. The van der Waals surface area contributed by atoms with E-state index in [9.17, 15) is 4.79 Å². The number of aromatic amines is 1. The number of H-pyrrole nitrogens is 1. The molecule has 5 heteroatoms. The van der Waals surface area contributed by atoms with Crippen molar-refractivity contribution in [3.63, 3.8) is 0 Å². The number of carbonyl (C=O) groups excluding carboxylic acids is 1. The molecule has 1 aromatic heterocycles. The molecule has 0 spiro atoms.